The normalized spacial score (nSPS) is 19.2. The lowest BCUT2D eigenvalue weighted by molar-refractivity contribution is 0.0526. The number of likely N-dealkylation sites (tertiary alicyclic amines) is 1. The number of piperidine rings is 1. The van der Waals surface area contributed by atoms with Crippen molar-refractivity contribution in [3.63, 3.8) is 0 Å². The Labute approximate surface area is 139 Å². The number of carbonyl (C=O) groups is 1. The highest BCUT2D eigenvalue weighted by atomic mass is 16.7. The highest BCUT2D eigenvalue weighted by molar-refractivity contribution is 5.95. The van der Waals surface area contributed by atoms with Gasteiger partial charge in [-0.25, -0.2) is 4.98 Å². The molecule has 3 heterocycles. The van der Waals surface area contributed by atoms with Crippen molar-refractivity contribution in [2.45, 2.75) is 18.9 Å². The lowest BCUT2D eigenvalue weighted by Gasteiger charge is -2.32. The fraction of sp³-hybridized carbons (Fsp3) is 0.353. The molecule has 7 nitrogen and oxygen atoms in total. The lowest BCUT2D eigenvalue weighted by Crippen LogP contribution is -2.44. The third-order valence-electron chi connectivity index (χ3n) is 4.11. The molecular formula is C17H17N3O4. The molecular weight excluding hydrogens is 310 g/mol. The molecule has 0 unspecified atom stereocenters. The minimum Gasteiger partial charge on any atom is -0.471 e. The van der Waals surface area contributed by atoms with Crippen LogP contribution in [-0.2, 0) is 0 Å². The highest BCUT2D eigenvalue weighted by Gasteiger charge is 2.27. The molecule has 1 aromatic heterocycles. The molecule has 1 saturated heterocycles. The summed E-state index contributed by atoms with van der Waals surface area (Å²) in [6.07, 6.45) is 6.48. The van der Waals surface area contributed by atoms with Gasteiger partial charge in [0.25, 0.3) is 5.91 Å². The summed E-state index contributed by atoms with van der Waals surface area (Å²) in [7, 11) is 0. The van der Waals surface area contributed by atoms with Crippen molar-refractivity contribution in [1.29, 1.82) is 0 Å². The minimum absolute atomic E-state index is 0.0271. The third-order valence-corrected chi connectivity index (χ3v) is 4.11. The van der Waals surface area contributed by atoms with E-state index in [9.17, 15) is 4.79 Å². The van der Waals surface area contributed by atoms with Crippen LogP contribution >= 0.6 is 0 Å². The molecule has 24 heavy (non-hydrogen) atoms. The first kappa shape index (κ1) is 14.7. The summed E-state index contributed by atoms with van der Waals surface area (Å²) in [4.78, 5) is 22.7. The van der Waals surface area contributed by atoms with Crippen LogP contribution in [0.15, 0.2) is 36.8 Å². The molecule has 124 valence electrons. The predicted molar refractivity (Wildman–Crippen MR) is 84.2 cm³/mol. The number of hydrogen-bond acceptors (Lipinski definition) is 6. The number of aromatic nitrogens is 2. The van der Waals surface area contributed by atoms with Crippen LogP contribution in [0.4, 0.5) is 0 Å². The molecule has 7 heteroatoms. The van der Waals surface area contributed by atoms with E-state index in [-0.39, 0.29) is 18.8 Å². The molecule has 1 fully saturated rings. The Morgan fingerprint density at radius 2 is 2.17 bits per heavy atom. The van der Waals surface area contributed by atoms with Crippen LogP contribution in [-0.4, -0.2) is 46.8 Å². The number of benzene rings is 1. The summed E-state index contributed by atoms with van der Waals surface area (Å²) in [5, 5.41) is 0. The number of carbonyl (C=O) groups excluding carboxylic acids is 1. The van der Waals surface area contributed by atoms with E-state index in [0.29, 0.717) is 36.0 Å². The average molecular weight is 327 g/mol. The van der Waals surface area contributed by atoms with E-state index in [1.54, 1.807) is 36.8 Å². The van der Waals surface area contributed by atoms with Gasteiger partial charge in [0.2, 0.25) is 12.7 Å². The number of amides is 1. The van der Waals surface area contributed by atoms with Crippen LogP contribution in [0.1, 0.15) is 23.2 Å². The van der Waals surface area contributed by atoms with Gasteiger partial charge in [-0.05, 0) is 31.0 Å². The average Bonchev–Trinajstić information content (AvgIpc) is 3.10. The van der Waals surface area contributed by atoms with Gasteiger partial charge in [0, 0.05) is 24.5 Å². The molecule has 1 atom stereocenters. The standard InChI is InChI=1S/C17H17N3O4/c21-17(12-3-4-14-15(8-12)23-11-22-14)20-7-1-2-13(10-20)24-16-9-18-5-6-19-16/h3-6,8-9,13H,1-2,7,10-11H2/t13-/m1/s1. The smallest absolute Gasteiger partial charge is 0.254 e. The molecule has 1 aromatic carbocycles. The van der Waals surface area contributed by atoms with Crippen molar-refractivity contribution in [1.82, 2.24) is 14.9 Å². The number of nitrogens with zero attached hydrogens (tertiary/aromatic N) is 3. The fourth-order valence-electron chi connectivity index (χ4n) is 2.95. The van der Waals surface area contributed by atoms with E-state index in [0.717, 1.165) is 12.8 Å². The second kappa shape index (κ2) is 6.35. The van der Waals surface area contributed by atoms with Gasteiger partial charge in [-0.1, -0.05) is 0 Å². The Morgan fingerprint density at radius 3 is 3.04 bits per heavy atom. The van der Waals surface area contributed by atoms with Gasteiger partial charge in [0.15, 0.2) is 11.5 Å². The quantitative estimate of drug-likeness (QED) is 0.857. The molecule has 0 bridgehead atoms. The molecule has 0 radical (unpaired) electrons. The van der Waals surface area contributed by atoms with Crippen molar-refractivity contribution >= 4 is 5.91 Å². The van der Waals surface area contributed by atoms with Gasteiger partial charge in [0.05, 0.1) is 12.7 Å². The first-order valence-electron chi connectivity index (χ1n) is 7.91. The maximum Gasteiger partial charge on any atom is 0.254 e. The van der Waals surface area contributed by atoms with Crippen molar-refractivity contribution in [3.8, 4) is 17.4 Å². The van der Waals surface area contributed by atoms with Crippen LogP contribution in [0, 0.1) is 0 Å². The molecule has 0 aliphatic carbocycles. The van der Waals surface area contributed by atoms with E-state index in [1.807, 2.05) is 4.90 Å². The van der Waals surface area contributed by atoms with Gasteiger partial charge in [-0.3, -0.25) is 9.78 Å². The van der Waals surface area contributed by atoms with Crippen molar-refractivity contribution in [2.75, 3.05) is 19.9 Å². The van der Waals surface area contributed by atoms with Gasteiger partial charge in [-0.2, -0.15) is 0 Å². The number of rotatable bonds is 3. The Morgan fingerprint density at radius 1 is 1.25 bits per heavy atom. The van der Waals surface area contributed by atoms with E-state index in [2.05, 4.69) is 9.97 Å². The van der Waals surface area contributed by atoms with E-state index >= 15 is 0 Å². The van der Waals surface area contributed by atoms with E-state index in [4.69, 9.17) is 14.2 Å². The zero-order valence-electron chi connectivity index (χ0n) is 13.1. The summed E-state index contributed by atoms with van der Waals surface area (Å²) in [6, 6.07) is 5.27. The molecule has 1 amide bonds. The SMILES string of the molecule is O=C(c1ccc2c(c1)OCO2)N1CCC[C@@H](Oc2cnccn2)C1. The van der Waals surface area contributed by atoms with Gasteiger partial charge in [0.1, 0.15) is 6.10 Å². The summed E-state index contributed by atoms with van der Waals surface area (Å²) >= 11 is 0. The monoisotopic (exact) mass is 327 g/mol. The van der Waals surface area contributed by atoms with Crippen LogP contribution < -0.4 is 14.2 Å². The van der Waals surface area contributed by atoms with Crippen molar-refractivity contribution in [2.24, 2.45) is 0 Å². The van der Waals surface area contributed by atoms with Gasteiger partial charge >= 0.3 is 0 Å². The summed E-state index contributed by atoms with van der Waals surface area (Å²) in [5.74, 6) is 1.75. The first-order chi connectivity index (χ1) is 11.8. The van der Waals surface area contributed by atoms with Crippen LogP contribution in [0.2, 0.25) is 0 Å². The summed E-state index contributed by atoms with van der Waals surface area (Å²) in [5.41, 5.74) is 0.597. The minimum atomic E-state index is -0.0755. The first-order valence-corrected chi connectivity index (χ1v) is 7.91. The summed E-state index contributed by atoms with van der Waals surface area (Å²) < 4.78 is 16.5. The summed E-state index contributed by atoms with van der Waals surface area (Å²) in [6.45, 7) is 1.45. The largest absolute Gasteiger partial charge is 0.471 e. The van der Waals surface area contributed by atoms with E-state index in [1.165, 1.54) is 0 Å². The van der Waals surface area contributed by atoms with E-state index < -0.39 is 0 Å². The van der Waals surface area contributed by atoms with Crippen molar-refractivity contribution < 1.29 is 19.0 Å². The second-order valence-electron chi connectivity index (χ2n) is 5.74. The Hall–Kier alpha value is -2.83. The maximum absolute atomic E-state index is 12.7. The molecule has 2 aromatic rings. The fourth-order valence-corrected chi connectivity index (χ4v) is 2.95. The molecule has 0 spiro atoms. The molecule has 2 aliphatic heterocycles. The Kier molecular flexibility index (Phi) is 3.90. The highest BCUT2D eigenvalue weighted by Crippen LogP contribution is 2.33. The van der Waals surface area contributed by atoms with Gasteiger partial charge < -0.3 is 19.1 Å². The zero-order valence-corrected chi connectivity index (χ0v) is 13.1. The topological polar surface area (TPSA) is 73.8 Å². The van der Waals surface area contributed by atoms with Crippen LogP contribution in [0.25, 0.3) is 0 Å². The van der Waals surface area contributed by atoms with Gasteiger partial charge in [-0.15, -0.1) is 0 Å². The molecule has 0 saturated carbocycles. The maximum atomic E-state index is 12.7. The molecule has 0 N–H and O–H groups in total. The molecule has 2 aliphatic rings. The number of hydrogen-bond donors (Lipinski definition) is 0. The number of ether oxygens (including phenoxy) is 3. The lowest BCUT2D eigenvalue weighted by atomic mass is 10.1. The molecule has 4 rings (SSSR count). The zero-order chi connectivity index (χ0) is 16.4. The van der Waals surface area contributed by atoms with Crippen LogP contribution in [0.5, 0.6) is 17.4 Å². The predicted octanol–water partition coefficient (Wildman–Crippen LogP) is 1.89. The van der Waals surface area contributed by atoms with Crippen molar-refractivity contribution in [3.05, 3.63) is 42.4 Å². The number of fused-ring (bicyclic) bond motifs is 1. The van der Waals surface area contributed by atoms with Crippen LogP contribution in [0.3, 0.4) is 0 Å². The Bertz CT molecular complexity index is 738. The second-order valence-corrected chi connectivity index (χ2v) is 5.74. The third kappa shape index (κ3) is 2.97. The Balaban J connectivity index is 1.44.